The Kier molecular flexibility index (Phi) is 6.12. The molecule has 2 rings (SSSR count). The van der Waals surface area contributed by atoms with Crippen LogP contribution in [0.2, 0.25) is 0 Å². The molecule has 108 valence electrons. The average Bonchev–Trinajstić information content (AvgIpc) is 2.99. The van der Waals surface area contributed by atoms with E-state index in [-0.39, 0.29) is 5.91 Å². The average molecular weight is 290 g/mol. The van der Waals surface area contributed by atoms with Crippen molar-refractivity contribution in [1.82, 2.24) is 9.88 Å². The van der Waals surface area contributed by atoms with Gasteiger partial charge < -0.3 is 4.90 Å². The molecule has 0 radical (unpaired) electrons. The third-order valence-electron chi connectivity index (χ3n) is 3.61. The van der Waals surface area contributed by atoms with E-state index >= 15 is 0 Å². The molecule has 4 heteroatoms. The highest BCUT2D eigenvalue weighted by atomic mass is 32.2. The Morgan fingerprint density at radius 1 is 1.45 bits per heavy atom. The van der Waals surface area contributed by atoms with Gasteiger partial charge in [0.25, 0.3) is 0 Å². The van der Waals surface area contributed by atoms with Crippen LogP contribution in [0.25, 0.3) is 0 Å². The number of rotatable bonds is 7. The molecule has 1 aromatic rings. The van der Waals surface area contributed by atoms with Crippen molar-refractivity contribution >= 4 is 17.7 Å². The molecule has 1 heterocycles. The molecule has 1 amide bonds. The number of amides is 1. The Bertz CT molecular complexity index is 429. The van der Waals surface area contributed by atoms with E-state index in [1.54, 1.807) is 18.0 Å². The first-order valence-electron chi connectivity index (χ1n) is 7.19. The van der Waals surface area contributed by atoms with Crippen molar-refractivity contribution in [1.29, 1.82) is 0 Å². The Labute approximate surface area is 125 Å². The quantitative estimate of drug-likeness (QED) is 0.723. The molecule has 0 aromatic carbocycles. The molecule has 1 fully saturated rings. The first-order chi connectivity index (χ1) is 9.81. The van der Waals surface area contributed by atoms with E-state index in [9.17, 15) is 4.79 Å². The zero-order valence-corrected chi connectivity index (χ0v) is 12.6. The number of nitrogens with zero attached hydrogens (tertiary/aromatic N) is 2. The van der Waals surface area contributed by atoms with Gasteiger partial charge in [0.15, 0.2) is 0 Å². The molecule has 0 bridgehead atoms. The van der Waals surface area contributed by atoms with Crippen LogP contribution in [0.3, 0.4) is 0 Å². The van der Waals surface area contributed by atoms with Gasteiger partial charge in [-0.2, -0.15) is 0 Å². The van der Waals surface area contributed by atoms with Crippen LogP contribution in [-0.2, 0) is 10.5 Å². The fourth-order valence-electron chi connectivity index (χ4n) is 2.62. The van der Waals surface area contributed by atoms with E-state index in [0.717, 1.165) is 24.3 Å². The van der Waals surface area contributed by atoms with Gasteiger partial charge in [-0.15, -0.1) is 18.3 Å². The third-order valence-corrected chi connectivity index (χ3v) is 4.56. The van der Waals surface area contributed by atoms with E-state index in [4.69, 9.17) is 0 Å². The smallest absolute Gasteiger partial charge is 0.233 e. The predicted molar refractivity (Wildman–Crippen MR) is 84.6 cm³/mol. The highest BCUT2D eigenvalue weighted by Gasteiger charge is 2.25. The minimum Gasteiger partial charge on any atom is -0.335 e. The second kappa shape index (κ2) is 8.10. The van der Waals surface area contributed by atoms with Gasteiger partial charge in [0.05, 0.1) is 11.4 Å². The van der Waals surface area contributed by atoms with Crippen LogP contribution in [0.15, 0.2) is 37.1 Å². The van der Waals surface area contributed by atoms with Gasteiger partial charge >= 0.3 is 0 Å². The summed E-state index contributed by atoms with van der Waals surface area (Å²) in [5.74, 6) is 1.55. The van der Waals surface area contributed by atoms with Crippen LogP contribution in [0.4, 0.5) is 0 Å². The lowest BCUT2D eigenvalue weighted by Gasteiger charge is -2.27. The van der Waals surface area contributed by atoms with Crippen LogP contribution in [0.1, 0.15) is 31.4 Å². The standard InChI is InChI=1S/C16H22N2OS/c1-2-11-18(15-8-3-4-9-15)16(19)13-20-12-14-7-5-6-10-17-14/h2,5-7,10,15H,1,3-4,8-9,11-13H2. The van der Waals surface area contributed by atoms with Crippen molar-refractivity contribution in [3.63, 3.8) is 0 Å². The molecule has 1 saturated carbocycles. The maximum Gasteiger partial charge on any atom is 0.233 e. The number of hydrogen-bond acceptors (Lipinski definition) is 3. The minimum atomic E-state index is 0.234. The van der Waals surface area contributed by atoms with Gasteiger partial charge in [-0.05, 0) is 25.0 Å². The van der Waals surface area contributed by atoms with Gasteiger partial charge in [-0.25, -0.2) is 0 Å². The van der Waals surface area contributed by atoms with Crippen molar-refractivity contribution in [3.8, 4) is 0 Å². The first-order valence-corrected chi connectivity index (χ1v) is 8.34. The van der Waals surface area contributed by atoms with Crippen LogP contribution in [0.5, 0.6) is 0 Å². The van der Waals surface area contributed by atoms with E-state index in [2.05, 4.69) is 11.6 Å². The largest absolute Gasteiger partial charge is 0.335 e. The normalized spacial score (nSPS) is 15.2. The van der Waals surface area contributed by atoms with Crippen LogP contribution >= 0.6 is 11.8 Å². The lowest BCUT2D eigenvalue weighted by molar-refractivity contribution is -0.129. The summed E-state index contributed by atoms with van der Waals surface area (Å²) in [5.41, 5.74) is 1.03. The highest BCUT2D eigenvalue weighted by molar-refractivity contribution is 7.99. The van der Waals surface area contributed by atoms with Crippen molar-refractivity contribution in [3.05, 3.63) is 42.7 Å². The second-order valence-electron chi connectivity index (χ2n) is 5.09. The van der Waals surface area contributed by atoms with E-state index in [0.29, 0.717) is 18.3 Å². The van der Waals surface area contributed by atoms with Crippen LogP contribution in [-0.4, -0.2) is 34.1 Å². The third kappa shape index (κ3) is 4.37. The molecule has 0 spiro atoms. The maximum atomic E-state index is 12.3. The molecule has 1 aromatic heterocycles. The monoisotopic (exact) mass is 290 g/mol. The number of aromatic nitrogens is 1. The molecular weight excluding hydrogens is 268 g/mol. The number of pyridine rings is 1. The predicted octanol–water partition coefficient (Wildman–Crippen LogP) is 3.27. The Morgan fingerprint density at radius 2 is 2.25 bits per heavy atom. The van der Waals surface area contributed by atoms with Crippen LogP contribution in [0, 0.1) is 0 Å². The molecular formula is C16H22N2OS. The van der Waals surface area contributed by atoms with Crippen molar-refractivity contribution in [2.24, 2.45) is 0 Å². The zero-order valence-electron chi connectivity index (χ0n) is 11.8. The first kappa shape index (κ1) is 15.1. The van der Waals surface area contributed by atoms with Gasteiger partial charge in [-0.1, -0.05) is 25.0 Å². The molecule has 0 aliphatic heterocycles. The summed E-state index contributed by atoms with van der Waals surface area (Å²) in [6.45, 7) is 4.45. The fraction of sp³-hybridized carbons (Fsp3) is 0.500. The molecule has 0 saturated heterocycles. The van der Waals surface area contributed by atoms with Crippen molar-refractivity contribution in [2.75, 3.05) is 12.3 Å². The summed E-state index contributed by atoms with van der Waals surface area (Å²) in [6, 6.07) is 6.31. The van der Waals surface area contributed by atoms with Gasteiger partial charge in [0.1, 0.15) is 0 Å². The minimum absolute atomic E-state index is 0.234. The van der Waals surface area contributed by atoms with Gasteiger partial charge in [-0.3, -0.25) is 9.78 Å². The number of carbonyl (C=O) groups excluding carboxylic acids is 1. The summed E-state index contributed by atoms with van der Waals surface area (Å²) < 4.78 is 0. The molecule has 0 N–H and O–H groups in total. The summed E-state index contributed by atoms with van der Waals surface area (Å²) in [6.07, 6.45) is 8.40. The summed E-state index contributed by atoms with van der Waals surface area (Å²) in [7, 11) is 0. The van der Waals surface area contributed by atoms with Gasteiger partial charge in [0, 0.05) is 24.5 Å². The van der Waals surface area contributed by atoms with Crippen LogP contribution < -0.4 is 0 Å². The number of hydrogen-bond donors (Lipinski definition) is 0. The second-order valence-corrected chi connectivity index (χ2v) is 6.07. The summed E-state index contributed by atoms with van der Waals surface area (Å²) in [4.78, 5) is 18.6. The molecule has 3 nitrogen and oxygen atoms in total. The summed E-state index contributed by atoms with van der Waals surface area (Å²) >= 11 is 1.64. The number of thioether (sulfide) groups is 1. The van der Waals surface area contributed by atoms with Crippen molar-refractivity contribution in [2.45, 2.75) is 37.5 Å². The zero-order chi connectivity index (χ0) is 14.2. The molecule has 1 aliphatic rings. The summed E-state index contributed by atoms with van der Waals surface area (Å²) in [5, 5.41) is 0. The van der Waals surface area contributed by atoms with Gasteiger partial charge in [0.2, 0.25) is 5.91 Å². The maximum absolute atomic E-state index is 12.3. The number of carbonyl (C=O) groups is 1. The van der Waals surface area contributed by atoms with Crippen molar-refractivity contribution < 1.29 is 4.79 Å². The SMILES string of the molecule is C=CCN(C(=O)CSCc1ccccn1)C1CCCC1. The molecule has 1 aliphatic carbocycles. The van der Waals surface area contributed by atoms with E-state index in [1.165, 1.54) is 12.8 Å². The molecule has 0 atom stereocenters. The molecule has 20 heavy (non-hydrogen) atoms. The Hall–Kier alpha value is -1.29. The van der Waals surface area contributed by atoms with E-state index < -0.39 is 0 Å². The van der Waals surface area contributed by atoms with E-state index in [1.807, 2.05) is 29.2 Å². The molecule has 0 unspecified atom stereocenters. The highest BCUT2D eigenvalue weighted by Crippen LogP contribution is 2.24. The lowest BCUT2D eigenvalue weighted by Crippen LogP contribution is -2.40. The Morgan fingerprint density at radius 3 is 2.90 bits per heavy atom. The topological polar surface area (TPSA) is 33.2 Å². The fourth-order valence-corrected chi connectivity index (χ4v) is 3.44. The Balaban J connectivity index is 1.80. The lowest BCUT2D eigenvalue weighted by atomic mass is 10.2.